The van der Waals surface area contributed by atoms with Gasteiger partial charge in [0, 0.05) is 19.5 Å². The van der Waals surface area contributed by atoms with Crippen molar-refractivity contribution in [3.05, 3.63) is 11.7 Å². The number of hydrogen-bond donors (Lipinski definition) is 0. The number of carbonyl (C=O) groups is 1. The average Bonchev–Trinajstić information content (AvgIpc) is 2.87. The molecule has 6 nitrogen and oxygen atoms in total. The predicted molar refractivity (Wildman–Crippen MR) is 77.9 cm³/mol. The Labute approximate surface area is 125 Å². The molecule has 1 unspecified atom stereocenters. The lowest BCUT2D eigenvalue weighted by atomic mass is 10.1. The zero-order chi connectivity index (χ0) is 15.2. The zero-order valence-corrected chi connectivity index (χ0v) is 13.2. The number of rotatable bonds is 7. The van der Waals surface area contributed by atoms with Gasteiger partial charge in [-0.1, -0.05) is 25.9 Å². The lowest BCUT2D eigenvalue weighted by molar-refractivity contribution is -0.119. The number of Topliss-reactive ketones (excluding diaryl/α,β-unsaturated/α-hetero) is 1. The molecule has 1 saturated heterocycles. The van der Waals surface area contributed by atoms with E-state index in [-0.39, 0.29) is 18.3 Å². The van der Waals surface area contributed by atoms with E-state index < -0.39 is 0 Å². The van der Waals surface area contributed by atoms with E-state index in [9.17, 15) is 4.79 Å². The molecule has 1 fully saturated rings. The summed E-state index contributed by atoms with van der Waals surface area (Å²) >= 11 is 0. The van der Waals surface area contributed by atoms with Crippen LogP contribution in [0, 0.1) is 5.92 Å². The second-order valence-electron chi connectivity index (χ2n) is 6.02. The third kappa shape index (κ3) is 4.89. The first kappa shape index (κ1) is 16.1. The lowest BCUT2D eigenvalue weighted by Gasteiger charge is -2.30. The van der Waals surface area contributed by atoms with Crippen LogP contribution in [0.15, 0.2) is 4.52 Å². The smallest absolute Gasteiger partial charge is 0.234 e. The van der Waals surface area contributed by atoms with Crippen molar-refractivity contribution in [2.45, 2.75) is 46.1 Å². The molecule has 1 atom stereocenters. The van der Waals surface area contributed by atoms with Gasteiger partial charge in [-0.3, -0.25) is 9.69 Å². The highest BCUT2D eigenvalue weighted by Crippen LogP contribution is 2.20. The van der Waals surface area contributed by atoms with Gasteiger partial charge in [-0.2, -0.15) is 4.98 Å². The Kier molecular flexibility index (Phi) is 5.87. The number of carbonyl (C=O) groups excluding carboxylic acids is 1. The number of nitrogens with zero attached hydrogens (tertiary/aromatic N) is 3. The Balaban J connectivity index is 1.91. The van der Waals surface area contributed by atoms with Gasteiger partial charge in [0.1, 0.15) is 11.9 Å². The summed E-state index contributed by atoms with van der Waals surface area (Å²) in [6, 6.07) is 0. The summed E-state index contributed by atoms with van der Waals surface area (Å²) in [6.07, 6.45) is 1.73. The molecule has 118 valence electrons. The Morgan fingerprint density at radius 1 is 1.48 bits per heavy atom. The molecule has 21 heavy (non-hydrogen) atoms. The number of aromatic nitrogens is 2. The number of ketones is 1. The highest BCUT2D eigenvalue weighted by molar-refractivity contribution is 5.80. The number of morpholine rings is 1. The van der Waals surface area contributed by atoms with E-state index in [0.717, 1.165) is 26.1 Å². The van der Waals surface area contributed by atoms with Gasteiger partial charge in [0.15, 0.2) is 0 Å². The number of ether oxygens (including phenoxy) is 1. The van der Waals surface area contributed by atoms with Gasteiger partial charge < -0.3 is 9.26 Å². The lowest BCUT2D eigenvalue weighted by Crippen LogP contribution is -2.39. The predicted octanol–water partition coefficient (Wildman–Crippen LogP) is 2.01. The standard InChI is InChI=1S/C15H25N3O3/c1-4-5-18-6-7-20-13(10-18)15-16-14(21-17-15)9-12(19)8-11(2)3/h11,13H,4-10H2,1-3H3. The monoisotopic (exact) mass is 295 g/mol. The van der Waals surface area contributed by atoms with Crippen LogP contribution in [0.3, 0.4) is 0 Å². The van der Waals surface area contributed by atoms with Crippen molar-refractivity contribution >= 4 is 5.78 Å². The summed E-state index contributed by atoms with van der Waals surface area (Å²) < 4.78 is 10.9. The molecular formula is C15H25N3O3. The third-order valence-electron chi connectivity index (χ3n) is 3.45. The Morgan fingerprint density at radius 3 is 3.00 bits per heavy atom. The van der Waals surface area contributed by atoms with Gasteiger partial charge in [0.2, 0.25) is 11.7 Å². The van der Waals surface area contributed by atoms with Crippen LogP contribution in [0.1, 0.15) is 51.4 Å². The molecule has 0 N–H and O–H groups in total. The van der Waals surface area contributed by atoms with E-state index in [2.05, 4.69) is 22.0 Å². The Hall–Kier alpha value is -1.27. The van der Waals surface area contributed by atoms with E-state index in [1.54, 1.807) is 0 Å². The summed E-state index contributed by atoms with van der Waals surface area (Å²) in [5, 5.41) is 3.98. The molecular weight excluding hydrogens is 270 g/mol. The number of hydrogen-bond acceptors (Lipinski definition) is 6. The second kappa shape index (κ2) is 7.66. The Morgan fingerprint density at radius 2 is 2.29 bits per heavy atom. The fraction of sp³-hybridized carbons (Fsp3) is 0.800. The van der Waals surface area contributed by atoms with E-state index in [0.29, 0.717) is 30.7 Å². The third-order valence-corrected chi connectivity index (χ3v) is 3.45. The van der Waals surface area contributed by atoms with Crippen LogP contribution in [0.25, 0.3) is 0 Å². The quantitative estimate of drug-likeness (QED) is 0.766. The van der Waals surface area contributed by atoms with Gasteiger partial charge in [-0.15, -0.1) is 0 Å². The van der Waals surface area contributed by atoms with E-state index in [1.807, 2.05) is 13.8 Å². The normalized spacial score (nSPS) is 20.1. The molecule has 0 radical (unpaired) electrons. The second-order valence-corrected chi connectivity index (χ2v) is 6.02. The van der Waals surface area contributed by atoms with E-state index >= 15 is 0 Å². The molecule has 0 bridgehead atoms. The zero-order valence-electron chi connectivity index (χ0n) is 13.2. The molecule has 0 spiro atoms. The summed E-state index contributed by atoms with van der Waals surface area (Å²) in [5.41, 5.74) is 0. The fourth-order valence-electron chi connectivity index (χ4n) is 2.54. The van der Waals surface area contributed by atoms with Crippen LogP contribution < -0.4 is 0 Å². The minimum absolute atomic E-state index is 0.136. The summed E-state index contributed by atoms with van der Waals surface area (Å²) in [5.74, 6) is 1.44. The SMILES string of the molecule is CCCN1CCOC(c2noc(CC(=O)CC(C)C)n2)C1. The molecule has 2 rings (SSSR count). The molecule has 1 aromatic heterocycles. The van der Waals surface area contributed by atoms with Gasteiger partial charge in [-0.25, -0.2) is 0 Å². The van der Waals surface area contributed by atoms with Crippen molar-refractivity contribution in [1.82, 2.24) is 15.0 Å². The van der Waals surface area contributed by atoms with Crippen molar-refractivity contribution in [3.63, 3.8) is 0 Å². The summed E-state index contributed by atoms with van der Waals surface area (Å²) in [6.45, 7) is 9.68. The molecule has 1 aliphatic heterocycles. The van der Waals surface area contributed by atoms with E-state index in [4.69, 9.17) is 9.26 Å². The van der Waals surface area contributed by atoms with Crippen LogP contribution in [0.5, 0.6) is 0 Å². The molecule has 6 heteroatoms. The van der Waals surface area contributed by atoms with Crippen LogP contribution in [-0.4, -0.2) is 47.1 Å². The molecule has 0 saturated carbocycles. The maximum atomic E-state index is 11.8. The van der Waals surface area contributed by atoms with Crippen LogP contribution >= 0.6 is 0 Å². The molecule has 0 amide bonds. The topological polar surface area (TPSA) is 68.5 Å². The van der Waals surface area contributed by atoms with E-state index in [1.165, 1.54) is 0 Å². The van der Waals surface area contributed by atoms with Crippen molar-refractivity contribution in [3.8, 4) is 0 Å². The maximum absolute atomic E-state index is 11.8. The molecule has 1 aromatic rings. The van der Waals surface area contributed by atoms with Gasteiger partial charge >= 0.3 is 0 Å². The summed E-state index contributed by atoms with van der Waals surface area (Å²) in [4.78, 5) is 18.4. The average molecular weight is 295 g/mol. The van der Waals surface area contributed by atoms with Gasteiger partial charge in [0.05, 0.1) is 13.0 Å². The van der Waals surface area contributed by atoms with Crippen molar-refractivity contribution in [2.75, 3.05) is 26.2 Å². The maximum Gasteiger partial charge on any atom is 0.234 e. The van der Waals surface area contributed by atoms with Crippen molar-refractivity contribution in [1.29, 1.82) is 0 Å². The van der Waals surface area contributed by atoms with Crippen molar-refractivity contribution in [2.24, 2.45) is 5.92 Å². The molecule has 1 aliphatic rings. The van der Waals surface area contributed by atoms with Gasteiger partial charge in [0.25, 0.3) is 0 Å². The highest BCUT2D eigenvalue weighted by atomic mass is 16.5. The summed E-state index contributed by atoms with van der Waals surface area (Å²) in [7, 11) is 0. The Bertz CT molecular complexity index is 457. The first-order valence-corrected chi connectivity index (χ1v) is 7.76. The molecule has 0 aliphatic carbocycles. The fourth-order valence-corrected chi connectivity index (χ4v) is 2.54. The van der Waals surface area contributed by atoms with Crippen molar-refractivity contribution < 1.29 is 14.1 Å². The largest absolute Gasteiger partial charge is 0.367 e. The van der Waals surface area contributed by atoms with Gasteiger partial charge in [-0.05, 0) is 18.9 Å². The first-order chi connectivity index (χ1) is 10.1. The molecule has 0 aromatic carbocycles. The first-order valence-electron chi connectivity index (χ1n) is 7.76. The minimum atomic E-state index is -0.150. The van der Waals surface area contributed by atoms with Crippen LogP contribution in [0.2, 0.25) is 0 Å². The van der Waals surface area contributed by atoms with Crippen LogP contribution in [-0.2, 0) is 16.0 Å². The van der Waals surface area contributed by atoms with Crippen LogP contribution in [0.4, 0.5) is 0 Å². The highest BCUT2D eigenvalue weighted by Gasteiger charge is 2.26. The minimum Gasteiger partial charge on any atom is -0.367 e. The molecule has 2 heterocycles.